The molecule has 1 N–H and O–H groups in total. The summed E-state index contributed by atoms with van der Waals surface area (Å²) in [4.78, 5) is 13.6. The normalized spacial score (nSPS) is 10.2. The smallest absolute Gasteiger partial charge is 0.244 e. The van der Waals surface area contributed by atoms with Crippen molar-refractivity contribution < 1.29 is 4.79 Å². The van der Waals surface area contributed by atoms with Crippen LogP contribution in [0.5, 0.6) is 0 Å². The predicted octanol–water partition coefficient (Wildman–Crippen LogP) is 1.14. The van der Waals surface area contributed by atoms with Crippen molar-refractivity contribution in [2.24, 2.45) is 0 Å². The number of rotatable bonds is 5. The van der Waals surface area contributed by atoms with Crippen LogP contribution < -0.4 is 5.32 Å². The maximum Gasteiger partial charge on any atom is 0.244 e. The summed E-state index contributed by atoms with van der Waals surface area (Å²) < 4.78 is 1.70. The standard InChI is InChI=1S/C13H18N4O.ClH/c1-14-7-8-16(2)13(18)10-17-9-11-5-3-4-6-12(11)15-17;/h3-6,9,14H,7-8,10H2,1-2H3;1H. The zero-order valence-corrected chi connectivity index (χ0v) is 12.0. The molecule has 0 spiro atoms. The van der Waals surface area contributed by atoms with Crippen LogP contribution >= 0.6 is 12.4 Å². The van der Waals surface area contributed by atoms with E-state index in [1.54, 1.807) is 9.58 Å². The average Bonchev–Trinajstić information content (AvgIpc) is 2.77. The molecule has 0 unspecified atom stereocenters. The minimum absolute atomic E-state index is 0. The number of amides is 1. The summed E-state index contributed by atoms with van der Waals surface area (Å²) in [5, 5.41) is 8.45. The molecule has 0 atom stereocenters. The van der Waals surface area contributed by atoms with Crippen molar-refractivity contribution in [2.45, 2.75) is 6.54 Å². The highest BCUT2D eigenvalue weighted by Gasteiger charge is 2.10. The molecule has 104 valence electrons. The average molecular weight is 283 g/mol. The molecule has 2 rings (SSSR count). The van der Waals surface area contributed by atoms with Crippen LogP contribution in [0.1, 0.15) is 0 Å². The molecular formula is C13H19ClN4O. The van der Waals surface area contributed by atoms with Gasteiger partial charge in [0.1, 0.15) is 6.54 Å². The lowest BCUT2D eigenvalue weighted by atomic mass is 10.3. The van der Waals surface area contributed by atoms with Gasteiger partial charge in [-0.25, -0.2) is 0 Å². The number of benzene rings is 1. The highest BCUT2D eigenvalue weighted by molar-refractivity contribution is 5.85. The molecule has 5 nitrogen and oxygen atoms in total. The van der Waals surface area contributed by atoms with Gasteiger partial charge in [0.25, 0.3) is 0 Å². The number of nitrogens with one attached hydrogen (secondary N) is 1. The van der Waals surface area contributed by atoms with Crippen molar-refractivity contribution >= 4 is 29.2 Å². The van der Waals surface area contributed by atoms with E-state index < -0.39 is 0 Å². The first-order chi connectivity index (χ1) is 8.70. The molecular weight excluding hydrogens is 264 g/mol. The van der Waals surface area contributed by atoms with E-state index in [0.29, 0.717) is 6.54 Å². The minimum Gasteiger partial charge on any atom is -0.343 e. The number of nitrogens with zero attached hydrogens (tertiary/aromatic N) is 3. The van der Waals surface area contributed by atoms with Gasteiger partial charge < -0.3 is 10.2 Å². The number of aromatic nitrogens is 2. The van der Waals surface area contributed by atoms with Crippen LogP contribution in [0.25, 0.3) is 10.9 Å². The van der Waals surface area contributed by atoms with Crippen molar-refractivity contribution in [1.82, 2.24) is 20.0 Å². The number of hydrogen-bond acceptors (Lipinski definition) is 3. The van der Waals surface area contributed by atoms with E-state index >= 15 is 0 Å². The molecule has 0 radical (unpaired) electrons. The molecule has 0 aliphatic carbocycles. The first-order valence-electron chi connectivity index (χ1n) is 6.01. The summed E-state index contributed by atoms with van der Waals surface area (Å²) in [5.41, 5.74) is 0.920. The topological polar surface area (TPSA) is 50.2 Å². The number of carbonyl (C=O) groups is 1. The Kier molecular flexibility index (Phi) is 5.79. The van der Waals surface area contributed by atoms with Crippen LogP contribution in [0.15, 0.2) is 30.5 Å². The van der Waals surface area contributed by atoms with Gasteiger partial charge in [0.2, 0.25) is 5.91 Å². The second kappa shape index (κ2) is 7.11. The van der Waals surface area contributed by atoms with Gasteiger partial charge in [0, 0.05) is 31.7 Å². The fourth-order valence-corrected chi connectivity index (χ4v) is 1.76. The molecule has 6 heteroatoms. The highest BCUT2D eigenvalue weighted by Crippen LogP contribution is 2.10. The number of fused-ring (bicyclic) bond motifs is 1. The molecule has 0 bridgehead atoms. The Bertz CT molecular complexity index is 507. The molecule has 0 fully saturated rings. The van der Waals surface area contributed by atoms with Gasteiger partial charge in [-0.2, -0.15) is 5.10 Å². The van der Waals surface area contributed by atoms with E-state index in [-0.39, 0.29) is 24.9 Å². The molecule has 0 saturated heterocycles. The Labute approximate surface area is 119 Å². The van der Waals surface area contributed by atoms with E-state index in [1.165, 1.54) is 0 Å². The fraction of sp³-hybridized carbons (Fsp3) is 0.385. The SMILES string of the molecule is CNCCN(C)C(=O)Cn1cc2ccccc2n1.Cl. The van der Waals surface area contributed by atoms with Crippen LogP contribution in [0.4, 0.5) is 0 Å². The first-order valence-corrected chi connectivity index (χ1v) is 6.01. The van der Waals surface area contributed by atoms with Gasteiger partial charge in [0.05, 0.1) is 5.52 Å². The predicted molar refractivity (Wildman–Crippen MR) is 78.5 cm³/mol. The van der Waals surface area contributed by atoms with E-state index in [1.807, 2.05) is 44.6 Å². The molecule has 19 heavy (non-hydrogen) atoms. The lowest BCUT2D eigenvalue weighted by molar-refractivity contribution is -0.130. The first kappa shape index (κ1) is 15.5. The van der Waals surface area contributed by atoms with Gasteiger partial charge >= 0.3 is 0 Å². The summed E-state index contributed by atoms with van der Waals surface area (Å²) in [6.45, 7) is 1.79. The monoisotopic (exact) mass is 282 g/mol. The summed E-state index contributed by atoms with van der Waals surface area (Å²) in [7, 11) is 3.68. The van der Waals surface area contributed by atoms with Crippen molar-refractivity contribution in [3.63, 3.8) is 0 Å². The quantitative estimate of drug-likeness (QED) is 0.895. The molecule has 1 aromatic heterocycles. The second-order valence-corrected chi connectivity index (χ2v) is 4.30. The summed E-state index contributed by atoms with van der Waals surface area (Å²) in [6, 6.07) is 7.85. The summed E-state index contributed by atoms with van der Waals surface area (Å²) in [6.07, 6.45) is 1.90. The number of halogens is 1. The zero-order chi connectivity index (χ0) is 13.0. The lowest BCUT2D eigenvalue weighted by Gasteiger charge is -2.16. The molecule has 0 aliphatic heterocycles. The summed E-state index contributed by atoms with van der Waals surface area (Å²) in [5.74, 6) is 0.0676. The van der Waals surface area contributed by atoms with Crippen LogP contribution in [0.3, 0.4) is 0 Å². The minimum atomic E-state index is 0. The van der Waals surface area contributed by atoms with Crippen molar-refractivity contribution in [3.8, 4) is 0 Å². The molecule has 0 aliphatic rings. The van der Waals surface area contributed by atoms with Crippen LogP contribution in [0.2, 0.25) is 0 Å². The van der Waals surface area contributed by atoms with Gasteiger partial charge in [-0.3, -0.25) is 9.48 Å². The van der Waals surface area contributed by atoms with Crippen LogP contribution in [0, 0.1) is 0 Å². The molecule has 0 saturated carbocycles. The Morgan fingerprint density at radius 3 is 2.84 bits per heavy atom. The highest BCUT2D eigenvalue weighted by atomic mass is 35.5. The van der Waals surface area contributed by atoms with Crippen LogP contribution in [-0.2, 0) is 11.3 Å². The number of carbonyl (C=O) groups excluding carboxylic acids is 1. The van der Waals surface area contributed by atoms with E-state index in [4.69, 9.17) is 0 Å². The van der Waals surface area contributed by atoms with Gasteiger partial charge in [-0.15, -0.1) is 12.4 Å². The van der Waals surface area contributed by atoms with Crippen molar-refractivity contribution in [1.29, 1.82) is 0 Å². The molecule has 2 aromatic rings. The van der Waals surface area contributed by atoms with E-state index in [0.717, 1.165) is 17.4 Å². The Balaban J connectivity index is 0.00000180. The van der Waals surface area contributed by atoms with Crippen molar-refractivity contribution in [2.75, 3.05) is 27.2 Å². The second-order valence-electron chi connectivity index (χ2n) is 4.30. The molecule has 1 heterocycles. The number of hydrogen-bond donors (Lipinski definition) is 1. The fourth-order valence-electron chi connectivity index (χ4n) is 1.76. The molecule has 1 amide bonds. The van der Waals surface area contributed by atoms with Crippen LogP contribution in [-0.4, -0.2) is 47.8 Å². The Morgan fingerprint density at radius 2 is 2.16 bits per heavy atom. The van der Waals surface area contributed by atoms with E-state index in [9.17, 15) is 4.79 Å². The zero-order valence-electron chi connectivity index (χ0n) is 11.2. The van der Waals surface area contributed by atoms with E-state index in [2.05, 4.69) is 10.4 Å². The third-order valence-corrected chi connectivity index (χ3v) is 2.88. The third kappa shape index (κ3) is 3.94. The Morgan fingerprint density at radius 1 is 1.42 bits per heavy atom. The Hall–Kier alpha value is -1.59. The maximum atomic E-state index is 11.9. The lowest BCUT2D eigenvalue weighted by Crippen LogP contribution is -2.35. The van der Waals surface area contributed by atoms with Crippen molar-refractivity contribution in [3.05, 3.63) is 30.5 Å². The third-order valence-electron chi connectivity index (χ3n) is 2.88. The largest absolute Gasteiger partial charge is 0.343 e. The van der Waals surface area contributed by atoms with Gasteiger partial charge in [0.15, 0.2) is 0 Å². The molecule has 1 aromatic carbocycles. The number of likely N-dealkylation sites (N-methyl/N-ethyl adjacent to an activating group) is 2. The summed E-state index contributed by atoms with van der Waals surface area (Å²) >= 11 is 0. The maximum absolute atomic E-state index is 11.9. The van der Waals surface area contributed by atoms with Gasteiger partial charge in [-0.05, 0) is 13.1 Å². The van der Waals surface area contributed by atoms with Gasteiger partial charge in [-0.1, -0.05) is 18.2 Å².